The number of rotatable bonds is 2. The van der Waals surface area contributed by atoms with Crippen LogP contribution < -0.4 is 16.5 Å². The van der Waals surface area contributed by atoms with Gasteiger partial charge < -0.3 is 0 Å². The molecule has 0 unspecified atom stereocenters. The molecule has 0 bridgehead atoms. The first kappa shape index (κ1) is 17.9. The molecule has 0 spiro atoms. The maximum absolute atomic E-state index is 13.0. The highest BCUT2D eigenvalue weighted by Gasteiger charge is 2.19. The topological polar surface area (TPSA) is 98.9 Å². The van der Waals surface area contributed by atoms with Crippen molar-refractivity contribution in [3.8, 4) is 11.6 Å². The Hall–Kier alpha value is -3.52. The summed E-state index contributed by atoms with van der Waals surface area (Å²) in [6.45, 7) is 1.27. The Morgan fingerprint density at radius 2 is 1.64 bits per heavy atom. The molecule has 0 saturated carbocycles. The first-order valence-corrected chi connectivity index (χ1v) is 8.70. The van der Waals surface area contributed by atoms with E-state index in [4.69, 9.17) is 11.6 Å². The molecule has 28 heavy (non-hydrogen) atoms. The summed E-state index contributed by atoms with van der Waals surface area (Å²) >= 11 is 6.00. The lowest BCUT2D eigenvalue weighted by Gasteiger charge is -2.15. The van der Waals surface area contributed by atoms with Gasteiger partial charge in [0.05, 0.1) is 21.8 Å². The number of fused-ring (bicyclic) bond motifs is 2. The monoisotopic (exact) mass is 395 g/mol. The number of carbonyl (C=O) groups excluding carboxylic acids is 1. The second kappa shape index (κ2) is 6.58. The van der Waals surface area contributed by atoms with Crippen molar-refractivity contribution in [3.05, 3.63) is 68.2 Å². The average Bonchev–Trinajstić information content (AvgIpc) is 2.67. The van der Waals surface area contributed by atoms with E-state index in [1.165, 1.54) is 24.6 Å². The molecule has 4 rings (SSSR count). The summed E-state index contributed by atoms with van der Waals surface area (Å²) in [6.07, 6.45) is 0. The largest absolute Gasteiger partial charge is 0.293 e. The van der Waals surface area contributed by atoms with Crippen molar-refractivity contribution in [3.63, 3.8) is 0 Å². The van der Waals surface area contributed by atoms with E-state index in [0.717, 1.165) is 4.68 Å². The average molecular weight is 396 g/mol. The van der Waals surface area contributed by atoms with Crippen molar-refractivity contribution in [1.29, 1.82) is 0 Å². The van der Waals surface area contributed by atoms with Crippen molar-refractivity contribution < 1.29 is 4.79 Å². The molecule has 9 heteroatoms. The zero-order chi connectivity index (χ0) is 20.0. The van der Waals surface area contributed by atoms with Crippen LogP contribution in [0.25, 0.3) is 33.5 Å². The van der Waals surface area contributed by atoms with Crippen LogP contribution in [0.2, 0.25) is 5.02 Å². The number of hydrogen-bond acceptors (Lipinski definition) is 5. The molecule has 0 aliphatic rings. The van der Waals surface area contributed by atoms with E-state index in [9.17, 15) is 14.4 Å². The van der Waals surface area contributed by atoms with Gasteiger partial charge in [-0.2, -0.15) is 4.68 Å². The van der Waals surface area contributed by atoms with Gasteiger partial charge in [0.25, 0.3) is 11.1 Å². The highest BCUT2D eigenvalue weighted by Crippen LogP contribution is 2.20. The first-order valence-electron chi connectivity index (χ1n) is 8.33. The molecule has 8 nitrogen and oxygen atoms in total. The summed E-state index contributed by atoms with van der Waals surface area (Å²) in [7, 11) is 1.54. The highest BCUT2D eigenvalue weighted by molar-refractivity contribution is 6.31. The predicted molar refractivity (Wildman–Crippen MR) is 107 cm³/mol. The van der Waals surface area contributed by atoms with Crippen LogP contribution in [0.15, 0.2) is 52.1 Å². The summed E-state index contributed by atoms with van der Waals surface area (Å²) in [5, 5.41) is 1.04. The molecule has 0 aliphatic heterocycles. The van der Waals surface area contributed by atoms with Gasteiger partial charge in [-0.1, -0.05) is 23.7 Å². The van der Waals surface area contributed by atoms with Gasteiger partial charge in [0.2, 0.25) is 5.91 Å². The maximum atomic E-state index is 13.0. The van der Waals surface area contributed by atoms with Crippen molar-refractivity contribution >= 4 is 39.3 Å². The third-order valence-corrected chi connectivity index (χ3v) is 4.52. The van der Waals surface area contributed by atoms with Crippen LogP contribution in [0.3, 0.4) is 0 Å². The normalized spacial score (nSPS) is 11.1. The quantitative estimate of drug-likeness (QED) is 0.560. The molecular weight excluding hydrogens is 382 g/mol. The van der Waals surface area contributed by atoms with E-state index < -0.39 is 11.5 Å². The predicted octanol–water partition coefficient (Wildman–Crippen LogP) is 2.05. The molecule has 0 aliphatic carbocycles. The van der Waals surface area contributed by atoms with Gasteiger partial charge >= 0.3 is 0 Å². The molecule has 2 aromatic heterocycles. The Morgan fingerprint density at radius 1 is 0.964 bits per heavy atom. The Bertz CT molecular complexity index is 1390. The van der Waals surface area contributed by atoms with Crippen LogP contribution in [0, 0.1) is 0 Å². The number of aromatic nitrogens is 4. The summed E-state index contributed by atoms with van der Waals surface area (Å²) < 4.78 is 2.28. The van der Waals surface area contributed by atoms with Gasteiger partial charge in [0, 0.05) is 19.0 Å². The van der Waals surface area contributed by atoms with Gasteiger partial charge in [-0.25, -0.2) is 9.97 Å². The SMILES string of the molecule is CC(=O)Nn1c(-c2nc3ccccc3c(=O)n2C)nc2ccc(Cl)cc2c1=O. The molecule has 140 valence electrons. The lowest BCUT2D eigenvalue weighted by atomic mass is 10.2. The fourth-order valence-electron chi connectivity index (χ4n) is 2.99. The number of benzene rings is 2. The van der Waals surface area contributed by atoms with Crippen molar-refractivity contribution in [2.24, 2.45) is 7.05 Å². The molecule has 0 radical (unpaired) electrons. The van der Waals surface area contributed by atoms with E-state index >= 15 is 0 Å². The Balaban J connectivity index is 2.14. The highest BCUT2D eigenvalue weighted by atomic mass is 35.5. The number of amides is 1. The van der Waals surface area contributed by atoms with Gasteiger partial charge in [0.1, 0.15) is 0 Å². The minimum Gasteiger partial charge on any atom is -0.293 e. The summed E-state index contributed by atoms with van der Waals surface area (Å²) in [5.74, 6) is -0.288. The summed E-state index contributed by atoms with van der Waals surface area (Å²) in [5.41, 5.74) is 2.46. The van der Waals surface area contributed by atoms with Crippen LogP contribution in [-0.2, 0) is 11.8 Å². The minimum atomic E-state index is -0.528. The molecule has 0 fully saturated rings. The third kappa shape index (κ3) is 2.84. The van der Waals surface area contributed by atoms with E-state index in [-0.39, 0.29) is 22.6 Å². The van der Waals surface area contributed by atoms with Crippen molar-refractivity contribution in [2.75, 3.05) is 5.43 Å². The lowest BCUT2D eigenvalue weighted by Crippen LogP contribution is -2.35. The van der Waals surface area contributed by atoms with Crippen molar-refractivity contribution in [1.82, 2.24) is 19.2 Å². The summed E-state index contributed by atoms with van der Waals surface area (Å²) in [4.78, 5) is 46.4. The molecule has 0 atom stereocenters. The first-order chi connectivity index (χ1) is 13.4. The number of halogens is 1. The zero-order valence-electron chi connectivity index (χ0n) is 14.9. The zero-order valence-corrected chi connectivity index (χ0v) is 15.7. The van der Waals surface area contributed by atoms with E-state index in [1.807, 2.05) is 0 Å². The Morgan fingerprint density at radius 3 is 2.39 bits per heavy atom. The van der Waals surface area contributed by atoms with E-state index in [1.54, 1.807) is 36.4 Å². The van der Waals surface area contributed by atoms with Gasteiger partial charge in [-0.3, -0.25) is 24.4 Å². The van der Waals surface area contributed by atoms with E-state index in [0.29, 0.717) is 21.4 Å². The molecule has 1 amide bonds. The molecule has 1 N–H and O–H groups in total. The van der Waals surface area contributed by atoms with Crippen LogP contribution >= 0.6 is 11.6 Å². The fraction of sp³-hybridized carbons (Fsp3) is 0.105. The lowest BCUT2D eigenvalue weighted by molar-refractivity contribution is -0.115. The fourth-order valence-corrected chi connectivity index (χ4v) is 3.16. The molecule has 2 aromatic carbocycles. The standard InChI is InChI=1S/C19H14ClN5O3/c1-10(26)23-25-17(22-15-8-7-11(20)9-13(15)19(25)28)16-21-14-6-4-3-5-12(14)18(27)24(16)2/h3-9H,1-2H3,(H,23,26). The maximum Gasteiger partial charge on any atom is 0.280 e. The van der Waals surface area contributed by atoms with Gasteiger partial charge in [-0.15, -0.1) is 0 Å². The molecule has 0 saturated heterocycles. The third-order valence-electron chi connectivity index (χ3n) is 4.28. The van der Waals surface area contributed by atoms with Gasteiger partial charge in [-0.05, 0) is 30.3 Å². The smallest absolute Gasteiger partial charge is 0.280 e. The molecule has 2 heterocycles. The Labute approximate surface area is 163 Å². The number of nitrogens with zero attached hydrogens (tertiary/aromatic N) is 4. The second-order valence-electron chi connectivity index (χ2n) is 6.22. The van der Waals surface area contributed by atoms with Gasteiger partial charge in [0.15, 0.2) is 11.6 Å². The number of hydrogen-bond donors (Lipinski definition) is 1. The summed E-state index contributed by atoms with van der Waals surface area (Å²) in [6, 6.07) is 11.6. The Kier molecular flexibility index (Phi) is 4.20. The van der Waals surface area contributed by atoms with Crippen molar-refractivity contribution in [2.45, 2.75) is 6.92 Å². The molecular formula is C19H14ClN5O3. The van der Waals surface area contributed by atoms with Crippen LogP contribution in [0.1, 0.15) is 6.92 Å². The number of carbonyl (C=O) groups is 1. The molecule has 4 aromatic rings. The number of para-hydroxylation sites is 1. The minimum absolute atomic E-state index is 0.0420. The van der Waals surface area contributed by atoms with Crippen LogP contribution in [0.4, 0.5) is 0 Å². The second-order valence-corrected chi connectivity index (χ2v) is 6.66. The van der Waals surface area contributed by atoms with E-state index in [2.05, 4.69) is 15.4 Å². The van der Waals surface area contributed by atoms with Crippen LogP contribution in [0.5, 0.6) is 0 Å². The van der Waals surface area contributed by atoms with Crippen LogP contribution in [-0.4, -0.2) is 25.1 Å². The number of nitrogens with one attached hydrogen (secondary N) is 1.